The zero-order valence-corrected chi connectivity index (χ0v) is 12.6. The molecule has 0 aliphatic heterocycles. The van der Waals surface area contributed by atoms with Crippen LogP contribution in [0.1, 0.15) is 11.1 Å². The van der Waals surface area contributed by atoms with E-state index in [0.29, 0.717) is 0 Å². The SMILES string of the molecule is C#CC(O)(c1ccccc1)[c-]1cccc1.[Fe].[cH-]1[cH-][cH-][cH-][cH-]1. The minimum absolute atomic E-state index is 0. The molecule has 0 aromatic heterocycles. The van der Waals surface area contributed by atoms with E-state index in [1.165, 1.54) is 0 Å². The molecule has 0 amide bonds. The van der Waals surface area contributed by atoms with Crippen molar-refractivity contribution in [3.63, 3.8) is 0 Å². The van der Waals surface area contributed by atoms with Crippen molar-refractivity contribution in [3.8, 4) is 12.3 Å². The minimum Gasteiger partial charge on any atom is -0.748 e. The Balaban J connectivity index is 0.000000313. The molecular weight excluding hydrogens is 300 g/mol. The van der Waals surface area contributed by atoms with Crippen LogP contribution in [0.4, 0.5) is 0 Å². The summed E-state index contributed by atoms with van der Waals surface area (Å²) in [5, 5.41) is 10.4. The average molecular weight is 316 g/mol. The zero-order chi connectivity index (χ0) is 14.3. The van der Waals surface area contributed by atoms with Gasteiger partial charge in [0.15, 0.2) is 0 Å². The zero-order valence-electron chi connectivity index (χ0n) is 11.5. The molecule has 112 valence electrons. The van der Waals surface area contributed by atoms with Crippen molar-refractivity contribution in [1.29, 1.82) is 0 Å². The van der Waals surface area contributed by atoms with Crippen molar-refractivity contribution < 1.29 is 22.2 Å². The molecule has 1 unspecified atom stereocenters. The van der Waals surface area contributed by atoms with Gasteiger partial charge < -0.3 is 35.4 Å². The molecule has 3 aromatic carbocycles. The molecule has 0 aliphatic rings. The Bertz CT molecular complexity index is 615. The molecule has 0 fully saturated rings. The van der Waals surface area contributed by atoms with E-state index >= 15 is 0 Å². The topological polar surface area (TPSA) is 20.2 Å². The summed E-state index contributed by atoms with van der Waals surface area (Å²) >= 11 is 0. The Kier molecular flexibility index (Phi) is 6.72. The van der Waals surface area contributed by atoms with Crippen LogP contribution in [-0.2, 0) is 22.7 Å². The third kappa shape index (κ3) is 4.21. The van der Waals surface area contributed by atoms with E-state index in [0.717, 1.165) is 11.1 Å². The maximum Gasteiger partial charge on any atom is 0.131 e. The monoisotopic (exact) mass is 316 g/mol. The first-order valence-corrected chi connectivity index (χ1v) is 6.42. The van der Waals surface area contributed by atoms with Gasteiger partial charge in [0.2, 0.25) is 0 Å². The maximum absolute atomic E-state index is 10.4. The molecule has 0 radical (unpaired) electrons. The number of aliphatic hydroxyl groups is 1. The van der Waals surface area contributed by atoms with Gasteiger partial charge in [-0.25, -0.2) is 12.1 Å². The van der Waals surface area contributed by atoms with Gasteiger partial charge in [-0.05, 0) is 5.56 Å². The van der Waals surface area contributed by atoms with Crippen molar-refractivity contribution in [3.05, 3.63) is 96.1 Å². The van der Waals surface area contributed by atoms with Crippen molar-refractivity contribution in [2.24, 2.45) is 0 Å². The van der Waals surface area contributed by atoms with E-state index in [4.69, 9.17) is 6.42 Å². The standard InChI is InChI=1S/C14H11O.C5H5.Fe/c1-2-14(15,13-10-6-7-11-13)12-8-4-3-5-9-12;1-2-4-5-3-1;/h1,3-11,15H;1-5H;/q-1;-5;. The Hall–Kier alpha value is -2.04. The van der Waals surface area contributed by atoms with Crippen LogP contribution >= 0.6 is 0 Å². The van der Waals surface area contributed by atoms with Gasteiger partial charge in [0.05, 0.1) is 0 Å². The molecular formula is C19H16FeO-6. The van der Waals surface area contributed by atoms with Crippen LogP contribution in [0.25, 0.3) is 0 Å². The molecule has 0 aliphatic carbocycles. The third-order valence-electron chi connectivity index (χ3n) is 3.04. The summed E-state index contributed by atoms with van der Waals surface area (Å²) in [5.74, 6) is 2.45. The first-order valence-electron chi connectivity index (χ1n) is 6.42. The van der Waals surface area contributed by atoms with Crippen LogP contribution in [0.15, 0.2) is 84.9 Å². The van der Waals surface area contributed by atoms with Crippen molar-refractivity contribution in [1.82, 2.24) is 0 Å². The van der Waals surface area contributed by atoms with E-state index in [1.807, 2.05) is 84.9 Å². The van der Waals surface area contributed by atoms with Gasteiger partial charge in [0, 0.05) is 17.1 Å². The van der Waals surface area contributed by atoms with E-state index in [2.05, 4.69) is 5.92 Å². The fourth-order valence-electron chi connectivity index (χ4n) is 1.95. The predicted molar refractivity (Wildman–Crippen MR) is 82.3 cm³/mol. The quantitative estimate of drug-likeness (QED) is 0.434. The number of hydrogen-bond donors (Lipinski definition) is 1. The van der Waals surface area contributed by atoms with E-state index < -0.39 is 5.60 Å². The number of terminal acetylenes is 1. The second-order valence-corrected chi connectivity index (χ2v) is 4.36. The average Bonchev–Trinajstić information content (AvgIpc) is 3.22. The first-order chi connectivity index (χ1) is 9.77. The molecule has 0 spiro atoms. The Morgan fingerprint density at radius 3 is 1.81 bits per heavy atom. The number of rotatable bonds is 2. The molecule has 3 aromatic rings. The summed E-state index contributed by atoms with van der Waals surface area (Å²) in [6, 6.07) is 26.6. The van der Waals surface area contributed by atoms with Crippen LogP contribution in [0, 0.1) is 12.3 Å². The maximum atomic E-state index is 10.4. The molecule has 1 N–H and O–H groups in total. The summed E-state index contributed by atoms with van der Waals surface area (Å²) in [6.45, 7) is 0. The Morgan fingerprint density at radius 2 is 1.38 bits per heavy atom. The van der Waals surface area contributed by atoms with Crippen LogP contribution in [0.2, 0.25) is 0 Å². The van der Waals surface area contributed by atoms with E-state index in [-0.39, 0.29) is 17.1 Å². The summed E-state index contributed by atoms with van der Waals surface area (Å²) in [4.78, 5) is 0. The molecule has 21 heavy (non-hydrogen) atoms. The van der Waals surface area contributed by atoms with Crippen LogP contribution < -0.4 is 0 Å². The Morgan fingerprint density at radius 1 is 0.905 bits per heavy atom. The summed E-state index contributed by atoms with van der Waals surface area (Å²) in [7, 11) is 0. The molecule has 0 saturated carbocycles. The third-order valence-corrected chi connectivity index (χ3v) is 3.04. The fraction of sp³-hybridized carbons (Fsp3) is 0.0526. The van der Waals surface area contributed by atoms with Crippen LogP contribution in [0.3, 0.4) is 0 Å². The largest absolute Gasteiger partial charge is 0.748 e. The molecule has 3 rings (SSSR count). The normalized spacial score (nSPS) is 12.0. The second-order valence-electron chi connectivity index (χ2n) is 4.36. The van der Waals surface area contributed by atoms with Gasteiger partial charge in [0.25, 0.3) is 0 Å². The summed E-state index contributed by atoms with van der Waals surface area (Å²) in [6.07, 6.45) is 5.43. The smallest absolute Gasteiger partial charge is 0.131 e. The van der Waals surface area contributed by atoms with Crippen LogP contribution in [0.5, 0.6) is 0 Å². The van der Waals surface area contributed by atoms with Crippen LogP contribution in [-0.4, -0.2) is 5.11 Å². The van der Waals surface area contributed by atoms with Crippen molar-refractivity contribution in [2.45, 2.75) is 5.60 Å². The van der Waals surface area contributed by atoms with E-state index in [1.54, 1.807) is 0 Å². The van der Waals surface area contributed by atoms with Crippen molar-refractivity contribution in [2.75, 3.05) is 0 Å². The Labute approximate surface area is 136 Å². The number of benzene rings is 1. The fourth-order valence-corrected chi connectivity index (χ4v) is 1.95. The van der Waals surface area contributed by atoms with Gasteiger partial charge in [0.1, 0.15) is 5.60 Å². The van der Waals surface area contributed by atoms with Crippen molar-refractivity contribution >= 4 is 0 Å². The molecule has 0 heterocycles. The second kappa shape index (κ2) is 8.29. The minimum atomic E-state index is -1.31. The molecule has 0 saturated heterocycles. The number of hydrogen-bond acceptors (Lipinski definition) is 1. The predicted octanol–water partition coefficient (Wildman–Crippen LogP) is 3.68. The molecule has 1 atom stereocenters. The van der Waals surface area contributed by atoms with Gasteiger partial charge in [-0.15, -0.1) is 12.0 Å². The van der Waals surface area contributed by atoms with Gasteiger partial charge in [-0.3, -0.25) is 0 Å². The van der Waals surface area contributed by atoms with Gasteiger partial charge in [-0.1, -0.05) is 36.3 Å². The first kappa shape index (κ1) is 17.0. The molecule has 1 nitrogen and oxygen atoms in total. The van der Waals surface area contributed by atoms with E-state index in [9.17, 15) is 5.11 Å². The molecule has 2 heteroatoms. The molecule has 0 bridgehead atoms. The van der Waals surface area contributed by atoms with Gasteiger partial charge in [-0.2, -0.15) is 12.1 Å². The summed E-state index contributed by atoms with van der Waals surface area (Å²) in [5.41, 5.74) is 0.139. The summed E-state index contributed by atoms with van der Waals surface area (Å²) < 4.78 is 0. The van der Waals surface area contributed by atoms with Gasteiger partial charge >= 0.3 is 0 Å².